The molecule has 0 amide bonds. The normalized spacial score (nSPS) is 17.4. The molecule has 1 aliphatic rings. The largest absolute Gasteiger partial charge is 0.551 e. The number of ether oxygens (including phenoxy) is 1. The maximum absolute atomic E-state index is 10.1. The van der Waals surface area contributed by atoms with Gasteiger partial charge in [0.15, 0.2) is 0 Å². The summed E-state index contributed by atoms with van der Waals surface area (Å²) in [6, 6.07) is 8.24. The van der Waals surface area contributed by atoms with E-state index in [9.17, 15) is 5.11 Å². The highest BCUT2D eigenvalue weighted by Crippen LogP contribution is 2.11. The number of hydrogen-bond acceptors (Lipinski definition) is 2. The monoisotopic (exact) mass is 347 g/mol. The highest BCUT2D eigenvalue weighted by molar-refractivity contribution is 5.59. The lowest BCUT2D eigenvalue weighted by Gasteiger charge is -2.28. The Morgan fingerprint density at radius 3 is 2.76 bits per heavy atom. The molecule has 0 spiro atoms. The molecule has 1 aliphatic heterocycles. The average Bonchev–Trinajstić information content (AvgIpc) is 2.59. The van der Waals surface area contributed by atoms with Crippen molar-refractivity contribution < 1.29 is 14.8 Å². The van der Waals surface area contributed by atoms with Crippen LogP contribution in [0.3, 0.4) is 0 Å². The molecule has 1 aromatic carbocycles. The van der Waals surface area contributed by atoms with E-state index in [1.807, 2.05) is 19.1 Å². The lowest BCUT2D eigenvalue weighted by molar-refractivity contribution is -0.383. The minimum Gasteiger partial charge on any atom is -0.430 e. The Morgan fingerprint density at radius 1 is 1.20 bits per heavy atom. The maximum Gasteiger partial charge on any atom is 0.551 e. The summed E-state index contributed by atoms with van der Waals surface area (Å²) in [5.41, 5.74) is 2.19. The molecule has 2 rings (SSSR count). The molecule has 1 aromatic rings. The van der Waals surface area contributed by atoms with E-state index in [1.54, 1.807) is 0 Å². The van der Waals surface area contributed by atoms with Gasteiger partial charge >= 0.3 is 6.08 Å². The van der Waals surface area contributed by atoms with Crippen LogP contribution in [-0.4, -0.2) is 41.8 Å². The van der Waals surface area contributed by atoms with E-state index in [0.717, 1.165) is 31.7 Å². The van der Waals surface area contributed by atoms with E-state index in [4.69, 9.17) is 4.74 Å². The van der Waals surface area contributed by atoms with Gasteiger partial charge in [-0.1, -0.05) is 44.7 Å². The molecule has 1 atom stereocenters. The molecule has 4 heteroatoms. The Hall–Kier alpha value is -1.55. The minimum atomic E-state index is -0.104. The summed E-state index contributed by atoms with van der Waals surface area (Å²) < 4.78 is 5.63. The zero-order valence-electron chi connectivity index (χ0n) is 16.0. The molecule has 1 heterocycles. The second-order valence-corrected chi connectivity index (χ2v) is 7.23. The van der Waals surface area contributed by atoms with Gasteiger partial charge in [0.1, 0.15) is 6.10 Å². The van der Waals surface area contributed by atoms with Gasteiger partial charge in [-0.15, -0.1) is 4.99 Å². The Morgan fingerprint density at radius 2 is 2.00 bits per heavy atom. The number of rotatable bonds is 9. The van der Waals surface area contributed by atoms with Gasteiger partial charge < -0.3 is 9.84 Å². The van der Waals surface area contributed by atoms with Gasteiger partial charge in [-0.05, 0) is 51.3 Å². The van der Waals surface area contributed by atoms with Crippen molar-refractivity contribution in [1.82, 2.24) is 4.90 Å². The van der Waals surface area contributed by atoms with Crippen LogP contribution in [0.15, 0.2) is 24.3 Å². The van der Waals surface area contributed by atoms with Crippen LogP contribution in [0.5, 0.6) is 0 Å². The number of aryl methyl sites for hydroxylation is 1. The summed E-state index contributed by atoms with van der Waals surface area (Å²) in [6.07, 6.45) is 9.89. The van der Waals surface area contributed by atoms with E-state index >= 15 is 0 Å². The molecule has 0 bridgehead atoms. The predicted octanol–water partition coefficient (Wildman–Crippen LogP) is 3.33. The molecule has 4 nitrogen and oxygen atoms in total. The lowest BCUT2D eigenvalue weighted by atomic mass is 10.1. The third-order valence-electron chi connectivity index (χ3n) is 4.77. The molecule has 2 N–H and O–H groups in total. The molecule has 25 heavy (non-hydrogen) atoms. The average molecular weight is 348 g/mol. The predicted molar refractivity (Wildman–Crippen MR) is 103 cm³/mol. The zero-order chi connectivity index (χ0) is 17.9. The van der Waals surface area contributed by atoms with Crippen LogP contribution in [0.25, 0.3) is 0 Å². The third kappa shape index (κ3) is 7.91. The molecule has 0 radical (unpaired) electrons. The van der Waals surface area contributed by atoms with Crippen molar-refractivity contribution in [2.75, 3.05) is 19.6 Å². The summed E-state index contributed by atoms with van der Waals surface area (Å²) in [5, 5.41) is 10.1. The van der Waals surface area contributed by atoms with Crippen LogP contribution >= 0.6 is 0 Å². The zero-order valence-corrected chi connectivity index (χ0v) is 16.0. The van der Waals surface area contributed by atoms with E-state index in [2.05, 4.69) is 28.9 Å². The van der Waals surface area contributed by atoms with Crippen molar-refractivity contribution in [3.8, 4) is 0 Å². The first-order valence-corrected chi connectivity index (χ1v) is 9.98. The van der Waals surface area contributed by atoms with E-state index in [0.29, 0.717) is 0 Å². The Kier molecular flexibility index (Phi) is 8.81. The van der Waals surface area contributed by atoms with Crippen molar-refractivity contribution in [3.63, 3.8) is 0 Å². The SMILES string of the molecule is CCCCCCc1cccc([NH+]=C(O)O[C@@H](C)CN2CCCCC2)c1. The second-order valence-electron chi connectivity index (χ2n) is 7.23. The van der Waals surface area contributed by atoms with Crippen molar-refractivity contribution >= 4 is 11.8 Å². The molecule has 0 unspecified atom stereocenters. The highest BCUT2D eigenvalue weighted by atomic mass is 16.6. The van der Waals surface area contributed by atoms with Crippen molar-refractivity contribution in [2.45, 2.75) is 71.3 Å². The fourth-order valence-electron chi connectivity index (χ4n) is 3.45. The number of piperidine rings is 1. The van der Waals surface area contributed by atoms with Gasteiger partial charge in [0.25, 0.3) is 0 Å². The number of aliphatic hydroxyl groups is 1. The molecule has 1 fully saturated rings. The highest BCUT2D eigenvalue weighted by Gasteiger charge is 2.17. The second kappa shape index (κ2) is 11.1. The van der Waals surface area contributed by atoms with Crippen LogP contribution in [0.2, 0.25) is 0 Å². The van der Waals surface area contributed by atoms with E-state index in [1.165, 1.54) is 50.5 Å². The van der Waals surface area contributed by atoms with E-state index in [-0.39, 0.29) is 12.2 Å². The first-order chi connectivity index (χ1) is 12.2. The van der Waals surface area contributed by atoms with Gasteiger partial charge in [0, 0.05) is 18.7 Å². The Bertz CT molecular complexity index is 524. The summed E-state index contributed by atoms with van der Waals surface area (Å²) in [4.78, 5) is 5.40. The van der Waals surface area contributed by atoms with Crippen molar-refractivity contribution in [3.05, 3.63) is 29.8 Å². The van der Waals surface area contributed by atoms with Crippen molar-refractivity contribution in [2.24, 2.45) is 0 Å². The van der Waals surface area contributed by atoms with Gasteiger partial charge in [-0.3, -0.25) is 4.90 Å². The Balaban J connectivity index is 1.81. The third-order valence-corrected chi connectivity index (χ3v) is 4.77. The summed E-state index contributed by atoms with van der Waals surface area (Å²) in [5.74, 6) is 0. The van der Waals surface area contributed by atoms with Crippen LogP contribution < -0.4 is 4.99 Å². The standard InChI is InChI=1S/C21H34N2O2/c1-3-4-5-7-11-19-12-10-13-20(16-19)22-21(24)25-18(2)17-23-14-8-6-9-15-23/h10,12-13,16,18H,3-9,11,14-15,17H2,1-2H3,(H,22,24)/p+1/t18-/m0/s1. The number of nitrogens with zero attached hydrogens (tertiary/aromatic N) is 1. The van der Waals surface area contributed by atoms with Crippen LogP contribution in [0.4, 0.5) is 5.69 Å². The number of nitrogens with one attached hydrogen (secondary N) is 1. The fourth-order valence-corrected chi connectivity index (χ4v) is 3.45. The summed E-state index contributed by atoms with van der Waals surface area (Å²) in [6.45, 7) is 7.39. The lowest BCUT2D eigenvalue weighted by Crippen LogP contribution is -2.67. The number of benzene rings is 1. The van der Waals surface area contributed by atoms with Crippen LogP contribution in [0, 0.1) is 0 Å². The Labute approximate surface area is 152 Å². The van der Waals surface area contributed by atoms with Gasteiger partial charge in [-0.25, -0.2) is 0 Å². The topological polar surface area (TPSA) is 46.7 Å². The van der Waals surface area contributed by atoms with Gasteiger partial charge in [0.05, 0.1) is 0 Å². The number of unbranched alkanes of at least 4 members (excludes halogenated alkanes) is 3. The van der Waals surface area contributed by atoms with Gasteiger partial charge in [-0.2, -0.15) is 0 Å². The quantitative estimate of drug-likeness (QED) is 0.409. The number of likely N-dealkylation sites (tertiary alicyclic amines) is 1. The molecule has 0 saturated carbocycles. The fraction of sp³-hybridized carbons (Fsp3) is 0.667. The minimum absolute atomic E-state index is 0.0252. The molecule has 0 aromatic heterocycles. The molecule has 0 aliphatic carbocycles. The van der Waals surface area contributed by atoms with Crippen LogP contribution in [-0.2, 0) is 11.2 Å². The molecular weight excluding hydrogens is 312 g/mol. The van der Waals surface area contributed by atoms with Crippen molar-refractivity contribution in [1.29, 1.82) is 0 Å². The van der Waals surface area contributed by atoms with Gasteiger partial charge in [0.2, 0.25) is 5.69 Å². The number of aliphatic hydroxyl groups excluding tert-OH is 1. The first kappa shape index (κ1) is 19.8. The summed E-state index contributed by atoms with van der Waals surface area (Å²) in [7, 11) is 0. The molecule has 1 saturated heterocycles. The maximum atomic E-state index is 10.1. The van der Waals surface area contributed by atoms with E-state index < -0.39 is 0 Å². The molecule has 140 valence electrons. The smallest absolute Gasteiger partial charge is 0.430 e. The molecular formula is C21H35N2O2+. The van der Waals surface area contributed by atoms with Crippen LogP contribution in [0.1, 0.15) is 64.4 Å². The number of hydrogen-bond donors (Lipinski definition) is 2. The summed E-state index contributed by atoms with van der Waals surface area (Å²) >= 11 is 0. The first-order valence-electron chi connectivity index (χ1n) is 9.98.